The molecule has 0 atom stereocenters. The minimum Gasteiger partial charge on any atom is -0.504 e. The highest BCUT2D eigenvalue weighted by Gasteiger charge is 2.24. The zero-order valence-electron chi connectivity index (χ0n) is 19.4. The molecule has 14 nitrogen and oxygen atoms in total. The molecule has 14 heteroatoms. The van der Waals surface area contributed by atoms with Gasteiger partial charge < -0.3 is 49.6 Å². The Labute approximate surface area is 212 Å². The van der Waals surface area contributed by atoms with E-state index in [1.54, 1.807) is 0 Å². The van der Waals surface area contributed by atoms with Gasteiger partial charge in [0.2, 0.25) is 17.2 Å². The van der Waals surface area contributed by atoms with E-state index in [9.17, 15) is 49.8 Å². The lowest BCUT2D eigenvalue weighted by Gasteiger charge is -2.13. The van der Waals surface area contributed by atoms with Crippen molar-refractivity contribution in [1.82, 2.24) is 0 Å². The molecule has 3 aromatic carbocycles. The van der Waals surface area contributed by atoms with Gasteiger partial charge in [0.25, 0.3) is 0 Å². The number of carbonyl (C=O) groups excluding carboxylic acids is 4. The molecular weight excluding hydrogens is 512 g/mol. The van der Waals surface area contributed by atoms with Gasteiger partial charge in [0.05, 0.1) is 23.8 Å². The molecule has 0 radical (unpaired) electrons. The standard InChI is InChI=1S/C24H18O14/c1-9(25)36-16-7-11(4-14(27)19(16)29)23(33)38-18-8-12(5-15(28)21(18)31)24(34)37-17-6-10(22(32)35-2)3-13(26)20(17)30/h3-8,26-31H,1-2H3. The first-order valence-electron chi connectivity index (χ1n) is 10.2. The van der Waals surface area contributed by atoms with E-state index >= 15 is 0 Å². The van der Waals surface area contributed by atoms with Crippen LogP contribution in [0.3, 0.4) is 0 Å². The van der Waals surface area contributed by atoms with E-state index in [1.165, 1.54) is 0 Å². The van der Waals surface area contributed by atoms with Crippen LogP contribution in [0.4, 0.5) is 0 Å². The van der Waals surface area contributed by atoms with Crippen molar-refractivity contribution in [2.24, 2.45) is 0 Å². The van der Waals surface area contributed by atoms with Crippen LogP contribution in [0.2, 0.25) is 0 Å². The summed E-state index contributed by atoms with van der Waals surface area (Å²) >= 11 is 0. The highest BCUT2D eigenvalue weighted by molar-refractivity contribution is 5.96. The maximum atomic E-state index is 12.7. The minimum absolute atomic E-state index is 0.279. The molecule has 0 aliphatic carbocycles. The zero-order chi connectivity index (χ0) is 28.3. The van der Waals surface area contributed by atoms with Crippen molar-refractivity contribution in [2.75, 3.05) is 7.11 Å². The molecular formula is C24H18O14. The van der Waals surface area contributed by atoms with E-state index in [-0.39, 0.29) is 5.56 Å². The fourth-order valence-corrected chi connectivity index (χ4v) is 2.96. The molecule has 0 aliphatic heterocycles. The van der Waals surface area contributed by atoms with Gasteiger partial charge in [0.1, 0.15) is 0 Å². The molecule has 3 aromatic rings. The van der Waals surface area contributed by atoms with Crippen LogP contribution in [0.25, 0.3) is 0 Å². The highest BCUT2D eigenvalue weighted by Crippen LogP contribution is 2.41. The van der Waals surface area contributed by atoms with Crippen LogP contribution >= 0.6 is 0 Å². The summed E-state index contributed by atoms with van der Waals surface area (Å²) in [6.07, 6.45) is 0. The number of hydrogen-bond acceptors (Lipinski definition) is 14. The smallest absolute Gasteiger partial charge is 0.343 e. The molecule has 0 bridgehead atoms. The van der Waals surface area contributed by atoms with Crippen LogP contribution in [0.1, 0.15) is 38.0 Å². The van der Waals surface area contributed by atoms with E-state index in [0.29, 0.717) is 0 Å². The van der Waals surface area contributed by atoms with Crippen LogP contribution in [0.5, 0.6) is 51.7 Å². The fourth-order valence-electron chi connectivity index (χ4n) is 2.96. The molecule has 0 unspecified atom stereocenters. The van der Waals surface area contributed by atoms with Gasteiger partial charge in [0, 0.05) is 6.92 Å². The number of ether oxygens (including phenoxy) is 4. The molecule has 38 heavy (non-hydrogen) atoms. The van der Waals surface area contributed by atoms with Gasteiger partial charge in [-0.3, -0.25) is 4.79 Å². The summed E-state index contributed by atoms with van der Waals surface area (Å²) in [5, 5.41) is 59.5. The van der Waals surface area contributed by atoms with Crippen molar-refractivity contribution < 1.29 is 68.8 Å². The Kier molecular flexibility index (Phi) is 7.46. The van der Waals surface area contributed by atoms with Crippen molar-refractivity contribution in [3.63, 3.8) is 0 Å². The number of carbonyl (C=O) groups is 4. The number of aromatic hydroxyl groups is 6. The molecule has 3 rings (SSSR count). The maximum Gasteiger partial charge on any atom is 0.343 e. The summed E-state index contributed by atoms with van der Waals surface area (Å²) in [6, 6.07) is 4.83. The third kappa shape index (κ3) is 5.59. The summed E-state index contributed by atoms with van der Waals surface area (Å²) in [4.78, 5) is 48.2. The van der Waals surface area contributed by atoms with Crippen molar-refractivity contribution in [1.29, 1.82) is 0 Å². The first-order chi connectivity index (χ1) is 17.8. The summed E-state index contributed by atoms with van der Waals surface area (Å²) in [5.74, 6) is -11.7. The Hall–Kier alpha value is -5.66. The van der Waals surface area contributed by atoms with Crippen molar-refractivity contribution in [3.8, 4) is 51.7 Å². The van der Waals surface area contributed by atoms with Gasteiger partial charge in [0.15, 0.2) is 34.5 Å². The van der Waals surface area contributed by atoms with Crippen molar-refractivity contribution in [2.45, 2.75) is 6.92 Å². The molecule has 0 aromatic heterocycles. The Morgan fingerprint density at radius 3 is 1.16 bits per heavy atom. The largest absolute Gasteiger partial charge is 0.504 e. The average molecular weight is 530 g/mol. The molecule has 0 saturated heterocycles. The topological polar surface area (TPSA) is 227 Å². The second kappa shape index (κ2) is 10.5. The summed E-state index contributed by atoms with van der Waals surface area (Å²) in [6.45, 7) is 1.000. The molecule has 0 saturated carbocycles. The van der Waals surface area contributed by atoms with E-state index in [2.05, 4.69) is 4.74 Å². The van der Waals surface area contributed by atoms with Gasteiger partial charge in [-0.15, -0.1) is 0 Å². The second-order valence-electron chi connectivity index (χ2n) is 7.39. The quantitative estimate of drug-likeness (QED) is 0.152. The minimum atomic E-state index is -1.30. The Balaban J connectivity index is 1.92. The number of rotatable bonds is 6. The third-order valence-electron chi connectivity index (χ3n) is 4.72. The first kappa shape index (κ1) is 26.9. The van der Waals surface area contributed by atoms with Gasteiger partial charge >= 0.3 is 23.9 Å². The molecule has 6 N–H and O–H groups in total. The van der Waals surface area contributed by atoms with Crippen LogP contribution in [-0.4, -0.2) is 61.6 Å². The molecule has 0 heterocycles. The summed E-state index contributed by atoms with van der Waals surface area (Å²) in [5.41, 5.74) is -1.28. The zero-order valence-corrected chi connectivity index (χ0v) is 19.4. The van der Waals surface area contributed by atoms with Gasteiger partial charge in [-0.05, 0) is 36.4 Å². The lowest BCUT2D eigenvalue weighted by atomic mass is 10.1. The van der Waals surface area contributed by atoms with E-state index in [4.69, 9.17) is 14.2 Å². The molecule has 0 aliphatic rings. The van der Waals surface area contributed by atoms with E-state index < -0.39 is 86.7 Å². The number of methoxy groups -OCH3 is 1. The van der Waals surface area contributed by atoms with Crippen LogP contribution in [0.15, 0.2) is 36.4 Å². The molecule has 198 valence electrons. The van der Waals surface area contributed by atoms with Gasteiger partial charge in [-0.1, -0.05) is 0 Å². The Morgan fingerprint density at radius 1 is 0.526 bits per heavy atom. The Morgan fingerprint density at radius 2 is 0.842 bits per heavy atom. The maximum absolute atomic E-state index is 12.7. The number of esters is 4. The van der Waals surface area contributed by atoms with Crippen LogP contribution < -0.4 is 14.2 Å². The molecule has 0 amide bonds. The SMILES string of the molecule is COC(=O)c1cc(O)c(O)c(OC(=O)c2cc(O)c(O)c(OC(=O)c3cc(O)c(O)c(OC(C)=O)c3)c2)c1. The van der Waals surface area contributed by atoms with Crippen LogP contribution in [-0.2, 0) is 9.53 Å². The van der Waals surface area contributed by atoms with E-state index in [0.717, 1.165) is 50.4 Å². The lowest BCUT2D eigenvalue weighted by Crippen LogP contribution is -2.12. The van der Waals surface area contributed by atoms with Gasteiger partial charge in [-0.2, -0.15) is 0 Å². The number of phenolic OH excluding ortho intramolecular Hbond substituents is 6. The highest BCUT2D eigenvalue weighted by atomic mass is 16.6. The Bertz CT molecular complexity index is 1470. The van der Waals surface area contributed by atoms with Crippen LogP contribution in [0, 0.1) is 0 Å². The lowest BCUT2D eigenvalue weighted by molar-refractivity contribution is -0.132. The van der Waals surface area contributed by atoms with Gasteiger partial charge in [-0.25, -0.2) is 14.4 Å². The average Bonchev–Trinajstić information content (AvgIpc) is 2.86. The summed E-state index contributed by atoms with van der Waals surface area (Å²) < 4.78 is 19.1. The number of phenols is 6. The molecule has 0 spiro atoms. The predicted molar refractivity (Wildman–Crippen MR) is 122 cm³/mol. The van der Waals surface area contributed by atoms with Crippen molar-refractivity contribution >= 4 is 23.9 Å². The predicted octanol–water partition coefficient (Wildman–Crippen LogP) is 2.07. The second-order valence-corrected chi connectivity index (χ2v) is 7.39. The summed E-state index contributed by atoms with van der Waals surface area (Å²) in [7, 11) is 1.05. The molecule has 0 fully saturated rings. The normalized spacial score (nSPS) is 10.4. The fraction of sp³-hybridized carbons (Fsp3) is 0.0833. The third-order valence-corrected chi connectivity index (χ3v) is 4.72. The van der Waals surface area contributed by atoms with Crippen molar-refractivity contribution in [3.05, 3.63) is 53.1 Å². The van der Waals surface area contributed by atoms with E-state index in [1.807, 2.05) is 0 Å². The number of hydrogen-bond donors (Lipinski definition) is 6. The number of benzene rings is 3. The monoisotopic (exact) mass is 530 g/mol. The first-order valence-corrected chi connectivity index (χ1v) is 10.2.